The average molecular weight is 326 g/mol. The van der Waals surface area contributed by atoms with Crippen molar-refractivity contribution in [3.63, 3.8) is 0 Å². The second-order valence-corrected chi connectivity index (χ2v) is 6.05. The lowest BCUT2D eigenvalue weighted by molar-refractivity contribution is -0.138. The lowest BCUT2D eigenvalue weighted by Gasteiger charge is -2.33. The summed E-state index contributed by atoms with van der Waals surface area (Å²) < 4.78 is 5.51. The lowest BCUT2D eigenvalue weighted by Crippen LogP contribution is -2.51. The van der Waals surface area contributed by atoms with Crippen molar-refractivity contribution in [3.8, 4) is 0 Å². The van der Waals surface area contributed by atoms with Crippen molar-refractivity contribution in [2.75, 3.05) is 13.1 Å². The molecule has 0 bridgehead atoms. The summed E-state index contributed by atoms with van der Waals surface area (Å²) in [6.07, 6.45) is 6.33. The Hall–Kier alpha value is -2.56. The predicted molar refractivity (Wildman–Crippen MR) is 92.5 cm³/mol. The lowest BCUT2D eigenvalue weighted by atomic mass is 10.0. The van der Waals surface area contributed by atoms with Gasteiger partial charge in [-0.15, -0.1) is 0 Å². The molecular formula is C19H22N2O3. The van der Waals surface area contributed by atoms with E-state index in [-0.39, 0.29) is 17.9 Å². The number of furan rings is 1. The second-order valence-electron chi connectivity index (χ2n) is 6.05. The highest BCUT2D eigenvalue weighted by Gasteiger charge is 2.30. The fourth-order valence-corrected chi connectivity index (χ4v) is 3.25. The van der Waals surface area contributed by atoms with Gasteiger partial charge < -0.3 is 14.6 Å². The minimum Gasteiger partial charge on any atom is -0.464 e. The van der Waals surface area contributed by atoms with Crippen molar-refractivity contribution in [1.82, 2.24) is 10.2 Å². The van der Waals surface area contributed by atoms with Crippen LogP contribution in [0.5, 0.6) is 0 Å². The number of hydrogen-bond acceptors (Lipinski definition) is 3. The highest BCUT2D eigenvalue weighted by Crippen LogP contribution is 2.21. The van der Waals surface area contributed by atoms with E-state index in [2.05, 4.69) is 11.9 Å². The van der Waals surface area contributed by atoms with Gasteiger partial charge in [-0.3, -0.25) is 9.59 Å². The van der Waals surface area contributed by atoms with Gasteiger partial charge in [-0.25, -0.2) is 0 Å². The maximum atomic E-state index is 12.5. The van der Waals surface area contributed by atoms with Crippen LogP contribution < -0.4 is 5.32 Å². The highest BCUT2D eigenvalue weighted by molar-refractivity contribution is 5.92. The van der Waals surface area contributed by atoms with E-state index in [0.717, 1.165) is 29.4 Å². The van der Waals surface area contributed by atoms with Crippen LogP contribution in [0.2, 0.25) is 0 Å². The SMILES string of the molecule is C=CC(=O)N1CCCCC1C(=O)NCCc1coc2ccccc12. The first-order valence-corrected chi connectivity index (χ1v) is 8.36. The number of piperidine rings is 1. The van der Waals surface area contributed by atoms with Crippen molar-refractivity contribution in [1.29, 1.82) is 0 Å². The molecule has 24 heavy (non-hydrogen) atoms. The Balaban J connectivity index is 1.58. The van der Waals surface area contributed by atoms with E-state index in [1.807, 2.05) is 24.3 Å². The first kappa shape index (κ1) is 16.3. The molecule has 126 valence electrons. The second kappa shape index (κ2) is 7.34. The van der Waals surface area contributed by atoms with E-state index in [0.29, 0.717) is 25.9 Å². The Morgan fingerprint density at radius 2 is 2.17 bits per heavy atom. The van der Waals surface area contributed by atoms with Crippen molar-refractivity contribution < 1.29 is 14.0 Å². The molecule has 5 heteroatoms. The molecule has 1 atom stereocenters. The van der Waals surface area contributed by atoms with Gasteiger partial charge in [-0.2, -0.15) is 0 Å². The fourth-order valence-electron chi connectivity index (χ4n) is 3.25. The molecule has 1 aliphatic rings. The van der Waals surface area contributed by atoms with Gasteiger partial charge in [0.15, 0.2) is 0 Å². The predicted octanol–water partition coefficient (Wildman–Crippen LogP) is 2.66. The summed E-state index contributed by atoms with van der Waals surface area (Å²) in [5.74, 6) is -0.256. The van der Waals surface area contributed by atoms with Crippen LogP contribution in [0.3, 0.4) is 0 Å². The molecule has 1 N–H and O–H groups in total. The largest absolute Gasteiger partial charge is 0.464 e. The maximum absolute atomic E-state index is 12.5. The maximum Gasteiger partial charge on any atom is 0.246 e. The van der Waals surface area contributed by atoms with Crippen molar-refractivity contribution in [2.45, 2.75) is 31.7 Å². The molecule has 2 amide bonds. The first-order chi connectivity index (χ1) is 11.7. The van der Waals surface area contributed by atoms with Gasteiger partial charge in [0, 0.05) is 18.5 Å². The van der Waals surface area contributed by atoms with Crippen LogP contribution in [0.15, 0.2) is 47.6 Å². The molecule has 2 heterocycles. The molecule has 0 aliphatic carbocycles. The monoisotopic (exact) mass is 326 g/mol. The number of carbonyl (C=O) groups excluding carboxylic acids is 2. The van der Waals surface area contributed by atoms with Crippen molar-refractivity contribution >= 4 is 22.8 Å². The molecule has 0 spiro atoms. The van der Waals surface area contributed by atoms with E-state index >= 15 is 0 Å². The number of rotatable bonds is 5. The minimum absolute atomic E-state index is 0.0855. The molecule has 1 fully saturated rings. The van der Waals surface area contributed by atoms with Gasteiger partial charge in [0.1, 0.15) is 11.6 Å². The molecule has 1 unspecified atom stereocenters. The zero-order chi connectivity index (χ0) is 16.9. The summed E-state index contributed by atoms with van der Waals surface area (Å²) in [6.45, 7) is 4.66. The summed E-state index contributed by atoms with van der Waals surface area (Å²) >= 11 is 0. The van der Waals surface area contributed by atoms with Crippen LogP contribution in [0.4, 0.5) is 0 Å². The zero-order valence-electron chi connectivity index (χ0n) is 13.7. The van der Waals surface area contributed by atoms with Crippen LogP contribution in [-0.4, -0.2) is 35.8 Å². The number of fused-ring (bicyclic) bond motifs is 1. The summed E-state index contributed by atoms with van der Waals surface area (Å²) in [6, 6.07) is 7.47. The normalized spacial score (nSPS) is 17.7. The third-order valence-corrected chi connectivity index (χ3v) is 4.52. The van der Waals surface area contributed by atoms with Gasteiger partial charge in [0.05, 0.1) is 6.26 Å². The van der Waals surface area contributed by atoms with Gasteiger partial charge in [-0.1, -0.05) is 24.8 Å². The van der Waals surface area contributed by atoms with E-state index in [1.54, 1.807) is 11.2 Å². The summed E-state index contributed by atoms with van der Waals surface area (Å²) in [5, 5.41) is 4.03. The van der Waals surface area contributed by atoms with Crippen LogP contribution in [0.1, 0.15) is 24.8 Å². The fraction of sp³-hybridized carbons (Fsp3) is 0.368. The number of carbonyl (C=O) groups is 2. The molecular weight excluding hydrogens is 304 g/mol. The standard InChI is InChI=1S/C19H22N2O3/c1-2-18(22)21-12-6-5-8-16(21)19(23)20-11-10-14-13-24-17-9-4-3-7-15(14)17/h2-4,7,9,13,16H,1,5-6,8,10-12H2,(H,20,23). The Morgan fingerprint density at radius 1 is 1.33 bits per heavy atom. The third kappa shape index (κ3) is 3.35. The quantitative estimate of drug-likeness (QED) is 0.859. The number of amides is 2. The van der Waals surface area contributed by atoms with E-state index in [9.17, 15) is 9.59 Å². The van der Waals surface area contributed by atoms with Crippen molar-refractivity contribution in [2.24, 2.45) is 0 Å². The van der Waals surface area contributed by atoms with Crippen LogP contribution in [0.25, 0.3) is 11.0 Å². The van der Waals surface area contributed by atoms with Crippen molar-refractivity contribution in [3.05, 3.63) is 48.7 Å². The van der Waals surface area contributed by atoms with Gasteiger partial charge >= 0.3 is 0 Å². The minimum atomic E-state index is -0.384. The highest BCUT2D eigenvalue weighted by atomic mass is 16.3. The topological polar surface area (TPSA) is 62.6 Å². The van der Waals surface area contributed by atoms with E-state index in [4.69, 9.17) is 4.42 Å². The number of likely N-dealkylation sites (tertiary alicyclic amines) is 1. The van der Waals surface area contributed by atoms with Crippen LogP contribution in [-0.2, 0) is 16.0 Å². The van der Waals surface area contributed by atoms with Crippen LogP contribution >= 0.6 is 0 Å². The summed E-state index contributed by atoms with van der Waals surface area (Å²) in [7, 11) is 0. The number of para-hydroxylation sites is 1. The Bertz CT molecular complexity index is 750. The molecule has 3 rings (SSSR count). The van der Waals surface area contributed by atoms with E-state index < -0.39 is 0 Å². The molecule has 1 aromatic carbocycles. The number of benzene rings is 1. The summed E-state index contributed by atoms with van der Waals surface area (Å²) in [5.41, 5.74) is 1.93. The molecule has 1 aliphatic heterocycles. The molecule has 1 saturated heterocycles. The van der Waals surface area contributed by atoms with Gasteiger partial charge in [0.25, 0.3) is 0 Å². The molecule has 2 aromatic rings. The average Bonchev–Trinajstić information content (AvgIpc) is 3.04. The number of nitrogens with one attached hydrogen (secondary N) is 1. The Kier molecular flexibility index (Phi) is 4.99. The van der Waals surface area contributed by atoms with Crippen LogP contribution in [0, 0.1) is 0 Å². The smallest absolute Gasteiger partial charge is 0.246 e. The molecule has 0 radical (unpaired) electrons. The van der Waals surface area contributed by atoms with Gasteiger partial charge in [0.2, 0.25) is 11.8 Å². The molecule has 1 aromatic heterocycles. The zero-order valence-corrected chi connectivity index (χ0v) is 13.7. The third-order valence-electron chi connectivity index (χ3n) is 4.52. The van der Waals surface area contributed by atoms with Gasteiger partial charge in [-0.05, 0) is 43.4 Å². The Morgan fingerprint density at radius 3 is 3.00 bits per heavy atom. The molecule has 5 nitrogen and oxygen atoms in total. The number of nitrogens with zero attached hydrogens (tertiary/aromatic N) is 1. The summed E-state index contributed by atoms with van der Waals surface area (Å²) in [4.78, 5) is 26.0. The van der Waals surface area contributed by atoms with E-state index in [1.165, 1.54) is 6.08 Å². The number of hydrogen-bond donors (Lipinski definition) is 1. The first-order valence-electron chi connectivity index (χ1n) is 8.36. The molecule has 0 saturated carbocycles. The Labute approximate surface area is 141 Å².